The van der Waals surface area contributed by atoms with Crippen molar-refractivity contribution in [3.63, 3.8) is 0 Å². The fourth-order valence-electron chi connectivity index (χ4n) is 3.78. The van der Waals surface area contributed by atoms with Gasteiger partial charge < -0.3 is 9.62 Å². The van der Waals surface area contributed by atoms with Gasteiger partial charge in [0.15, 0.2) is 0 Å². The van der Waals surface area contributed by atoms with E-state index in [1.165, 1.54) is 28.8 Å². The van der Waals surface area contributed by atoms with Gasteiger partial charge in [0, 0.05) is 43.8 Å². The van der Waals surface area contributed by atoms with Gasteiger partial charge in [-0.2, -0.15) is 0 Å². The van der Waals surface area contributed by atoms with Gasteiger partial charge in [-0.15, -0.1) is 11.3 Å². The molecule has 0 bridgehead atoms. The highest BCUT2D eigenvalue weighted by Gasteiger charge is 2.27. The molecule has 0 amide bonds. The van der Waals surface area contributed by atoms with E-state index >= 15 is 0 Å². The predicted molar refractivity (Wildman–Crippen MR) is 121 cm³/mol. The lowest BCUT2D eigenvalue weighted by atomic mass is 10.1. The van der Waals surface area contributed by atoms with E-state index in [0.29, 0.717) is 10.9 Å². The molecule has 1 N–H and O–H groups in total. The van der Waals surface area contributed by atoms with E-state index in [-0.39, 0.29) is 5.82 Å². The third-order valence-corrected chi connectivity index (χ3v) is 6.80. The second-order valence-electron chi connectivity index (χ2n) is 7.42. The van der Waals surface area contributed by atoms with E-state index in [0.717, 1.165) is 43.1 Å². The highest BCUT2D eigenvalue weighted by Crippen LogP contribution is 2.32. The Kier molecular flexibility index (Phi) is 6.37. The molecule has 1 fully saturated rings. The Balaban J connectivity index is 1.40. The average Bonchev–Trinajstić information content (AvgIpc) is 3.41. The van der Waals surface area contributed by atoms with Crippen molar-refractivity contribution >= 4 is 34.8 Å². The van der Waals surface area contributed by atoms with Crippen LogP contribution in [0, 0.1) is 12.7 Å². The summed E-state index contributed by atoms with van der Waals surface area (Å²) in [5.41, 5.74) is 5.14. The number of nitrogens with zero attached hydrogens (tertiary/aromatic N) is 3. The third-order valence-electron chi connectivity index (χ3n) is 5.37. The van der Waals surface area contributed by atoms with Gasteiger partial charge >= 0.3 is 0 Å². The average molecular weight is 429 g/mol. The molecule has 152 valence electrons. The maximum atomic E-state index is 14.8. The van der Waals surface area contributed by atoms with E-state index in [9.17, 15) is 4.39 Å². The molecule has 29 heavy (non-hydrogen) atoms. The minimum atomic E-state index is -0.204. The van der Waals surface area contributed by atoms with Crippen molar-refractivity contribution in [2.24, 2.45) is 0 Å². The molecule has 1 saturated heterocycles. The van der Waals surface area contributed by atoms with Crippen molar-refractivity contribution in [2.45, 2.75) is 30.8 Å². The first-order valence-electron chi connectivity index (χ1n) is 9.70. The van der Waals surface area contributed by atoms with Crippen molar-refractivity contribution in [3.05, 3.63) is 70.3 Å². The second-order valence-corrected chi connectivity index (χ2v) is 8.99. The summed E-state index contributed by atoms with van der Waals surface area (Å²) in [5, 5.41) is 1.90. The molecule has 1 aliphatic rings. The number of likely N-dealkylation sites (N-methyl/N-ethyl adjacent to an activating group) is 1. The molecule has 3 aromatic rings. The number of thiazole rings is 1. The summed E-state index contributed by atoms with van der Waals surface area (Å²) >= 11 is 2.78. The Bertz CT molecular complexity index is 933. The molecule has 4 nitrogen and oxygen atoms in total. The standard InChI is InChI=1S/C22H25FN4S2/c1-16-10-21(29-25-22-14-28-15-24-22)19(23)11-20(16)26(2)18-8-9-27(13-18)12-17-6-4-3-5-7-17/h3-7,10-11,14-15,18,25H,8-9,12-13H2,1-2H3. The van der Waals surface area contributed by atoms with E-state index < -0.39 is 0 Å². The SMILES string of the molecule is Cc1cc(SNc2cscn2)c(F)cc1N(C)C1CCN(Cc2ccccc2)C1. The lowest BCUT2D eigenvalue weighted by molar-refractivity contribution is 0.326. The van der Waals surface area contributed by atoms with E-state index in [4.69, 9.17) is 0 Å². The van der Waals surface area contributed by atoms with Gasteiger partial charge in [0.1, 0.15) is 11.6 Å². The first kappa shape index (κ1) is 20.2. The van der Waals surface area contributed by atoms with Crippen LogP contribution in [0.1, 0.15) is 17.5 Å². The Morgan fingerprint density at radius 2 is 2.14 bits per heavy atom. The van der Waals surface area contributed by atoms with Crippen LogP contribution in [0.4, 0.5) is 15.9 Å². The fourth-order valence-corrected chi connectivity index (χ4v) is 5.06. The Labute approximate surface area is 179 Å². The van der Waals surface area contributed by atoms with Crippen LogP contribution in [0.15, 0.2) is 58.3 Å². The second kappa shape index (κ2) is 9.15. The Morgan fingerprint density at radius 3 is 2.90 bits per heavy atom. The molecule has 2 aromatic carbocycles. The van der Waals surface area contributed by atoms with Crippen LogP contribution >= 0.6 is 23.3 Å². The van der Waals surface area contributed by atoms with E-state index in [2.05, 4.69) is 63.8 Å². The van der Waals surface area contributed by atoms with Crippen LogP contribution in [-0.4, -0.2) is 36.1 Å². The molecule has 1 aromatic heterocycles. The number of benzene rings is 2. The normalized spacial score (nSPS) is 16.9. The summed E-state index contributed by atoms with van der Waals surface area (Å²) in [6, 6.07) is 14.5. The summed E-state index contributed by atoms with van der Waals surface area (Å²) in [6.07, 6.45) is 1.09. The van der Waals surface area contributed by atoms with Gasteiger partial charge in [0.2, 0.25) is 0 Å². The summed E-state index contributed by atoms with van der Waals surface area (Å²) in [7, 11) is 2.08. The molecule has 0 aliphatic carbocycles. The zero-order chi connectivity index (χ0) is 20.2. The summed E-state index contributed by atoms with van der Waals surface area (Å²) in [5.74, 6) is 0.548. The Morgan fingerprint density at radius 1 is 1.31 bits per heavy atom. The van der Waals surface area contributed by atoms with Gasteiger partial charge in [-0.3, -0.25) is 4.90 Å². The highest BCUT2D eigenvalue weighted by atomic mass is 32.2. The van der Waals surface area contributed by atoms with Crippen LogP contribution in [-0.2, 0) is 6.54 Å². The van der Waals surface area contributed by atoms with Crippen molar-refractivity contribution in [1.29, 1.82) is 0 Å². The highest BCUT2D eigenvalue weighted by molar-refractivity contribution is 8.00. The largest absolute Gasteiger partial charge is 0.370 e. The van der Waals surface area contributed by atoms with Crippen molar-refractivity contribution in [3.8, 4) is 0 Å². The summed E-state index contributed by atoms with van der Waals surface area (Å²) < 4.78 is 17.9. The van der Waals surface area contributed by atoms with Gasteiger partial charge in [-0.25, -0.2) is 9.37 Å². The molecule has 0 radical (unpaired) electrons. The Hall–Kier alpha value is -2.09. The number of halogens is 1. The topological polar surface area (TPSA) is 31.4 Å². The van der Waals surface area contributed by atoms with Gasteiger partial charge in [-0.05, 0) is 48.6 Å². The van der Waals surface area contributed by atoms with Crippen molar-refractivity contribution in [1.82, 2.24) is 9.88 Å². The van der Waals surface area contributed by atoms with Crippen LogP contribution in [0.2, 0.25) is 0 Å². The fraction of sp³-hybridized carbons (Fsp3) is 0.318. The smallest absolute Gasteiger partial charge is 0.147 e. The zero-order valence-corrected chi connectivity index (χ0v) is 18.3. The maximum absolute atomic E-state index is 14.8. The number of hydrogen-bond donors (Lipinski definition) is 1. The number of anilines is 2. The molecule has 1 atom stereocenters. The monoisotopic (exact) mass is 428 g/mol. The molecule has 7 heteroatoms. The number of nitrogens with one attached hydrogen (secondary N) is 1. The van der Waals surface area contributed by atoms with Crippen LogP contribution in [0.3, 0.4) is 0 Å². The number of rotatable bonds is 7. The number of hydrogen-bond acceptors (Lipinski definition) is 6. The van der Waals surface area contributed by atoms with Crippen LogP contribution in [0.25, 0.3) is 0 Å². The molecule has 4 rings (SSSR count). The summed E-state index contributed by atoms with van der Waals surface area (Å²) in [6.45, 7) is 5.08. The lowest BCUT2D eigenvalue weighted by Gasteiger charge is -2.29. The van der Waals surface area contributed by atoms with E-state index in [1.54, 1.807) is 11.6 Å². The third kappa shape index (κ3) is 4.91. The minimum absolute atomic E-state index is 0.204. The first-order chi connectivity index (χ1) is 14.1. The molecule has 2 heterocycles. The lowest BCUT2D eigenvalue weighted by Crippen LogP contribution is -2.35. The molecular weight excluding hydrogens is 403 g/mol. The van der Waals surface area contributed by atoms with Gasteiger partial charge in [0.05, 0.1) is 10.4 Å². The molecule has 1 aliphatic heterocycles. The number of aryl methyl sites for hydroxylation is 1. The van der Waals surface area contributed by atoms with Crippen LogP contribution in [0.5, 0.6) is 0 Å². The van der Waals surface area contributed by atoms with Gasteiger partial charge in [-0.1, -0.05) is 30.3 Å². The van der Waals surface area contributed by atoms with Gasteiger partial charge in [0.25, 0.3) is 0 Å². The first-order valence-corrected chi connectivity index (χ1v) is 11.5. The quantitative estimate of drug-likeness (QED) is 0.508. The summed E-state index contributed by atoms with van der Waals surface area (Å²) in [4.78, 5) is 9.48. The zero-order valence-electron chi connectivity index (χ0n) is 16.6. The van der Waals surface area contributed by atoms with Crippen LogP contribution < -0.4 is 9.62 Å². The molecule has 0 spiro atoms. The maximum Gasteiger partial charge on any atom is 0.147 e. The molecular formula is C22H25FN4S2. The van der Waals surface area contributed by atoms with E-state index in [1.807, 2.05) is 11.4 Å². The minimum Gasteiger partial charge on any atom is -0.370 e. The molecule has 1 unspecified atom stereocenters. The van der Waals surface area contributed by atoms with Crippen molar-refractivity contribution < 1.29 is 4.39 Å². The number of likely N-dealkylation sites (tertiary alicyclic amines) is 1. The van der Waals surface area contributed by atoms with Crippen molar-refractivity contribution in [2.75, 3.05) is 29.8 Å². The predicted octanol–water partition coefficient (Wildman–Crippen LogP) is 5.42. The number of aromatic nitrogens is 1. The molecule has 0 saturated carbocycles.